The zero-order valence-electron chi connectivity index (χ0n) is 21.2. The van der Waals surface area contributed by atoms with Crippen molar-refractivity contribution in [2.45, 2.75) is 109 Å². The van der Waals surface area contributed by atoms with E-state index >= 15 is 0 Å². The van der Waals surface area contributed by atoms with E-state index < -0.39 is 0 Å². The van der Waals surface area contributed by atoms with Gasteiger partial charge in [-0.05, 0) is 129 Å². The SMILES string of the molecule is CCCCCC1CCC(c2ccc(CCC3CCC(c4ccc(N=C=S)cc4)CC3)cc2)CC1. The first-order chi connectivity index (χ1) is 16.7. The van der Waals surface area contributed by atoms with Gasteiger partial charge in [0.15, 0.2) is 0 Å². The number of unbranched alkanes of at least 4 members (excludes halogenated alkanes) is 2. The van der Waals surface area contributed by atoms with E-state index in [1.807, 2.05) is 0 Å². The molecule has 2 aliphatic rings. The number of rotatable bonds is 10. The van der Waals surface area contributed by atoms with Gasteiger partial charge in [-0.1, -0.05) is 69.0 Å². The topological polar surface area (TPSA) is 12.4 Å². The normalized spacial score (nSPS) is 25.0. The molecule has 2 aliphatic carbocycles. The molecule has 0 aromatic heterocycles. The average molecular weight is 474 g/mol. The maximum Gasteiger partial charge on any atom is 0.0739 e. The molecule has 0 radical (unpaired) electrons. The fourth-order valence-electron chi connectivity index (χ4n) is 6.45. The molecular weight excluding hydrogens is 430 g/mol. The molecule has 182 valence electrons. The Morgan fingerprint density at radius 2 is 1.24 bits per heavy atom. The number of aliphatic imine (C=N–C) groups is 1. The highest BCUT2D eigenvalue weighted by Crippen LogP contribution is 2.39. The third-order valence-electron chi connectivity index (χ3n) is 8.74. The van der Waals surface area contributed by atoms with E-state index in [1.54, 1.807) is 5.56 Å². The minimum Gasteiger partial charge on any atom is -0.195 e. The molecule has 2 aromatic rings. The summed E-state index contributed by atoms with van der Waals surface area (Å²) in [5.41, 5.74) is 5.51. The van der Waals surface area contributed by atoms with Crippen LogP contribution in [0.4, 0.5) is 5.69 Å². The highest BCUT2D eigenvalue weighted by Gasteiger charge is 2.23. The Labute approximate surface area is 213 Å². The first kappa shape index (κ1) is 25.3. The van der Waals surface area contributed by atoms with E-state index in [2.05, 4.69) is 65.6 Å². The number of hydrogen-bond acceptors (Lipinski definition) is 2. The largest absolute Gasteiger partial charge is 0.195 e. The van der Waals surface area contributed by atoms with E-state index in [0.29, 0.717) is 5.92 Å². The average Bonchev–Trinajstić information content (AvgIpc) is 2.89. The smallest absolute Gasteiger partial charge is 0.0739 e. The summed E-state index contributed by atoms with van der Waals surface area (Å²) in [4.78, 5) is 4.07. The molecule has 0 heterocycles. The van der Waals surface area contributed by atoms with Crippen molar-refractivity contribution in [2.75, 3.05) is 0 Å². The Bertz CT molecular complexity index is 893. The summed E-state index contributed by atoms with van der Waals surface area (Å²) in [6.07, 6.45) is 19.3. The molecule has 0 amide bonds. The van der Waals surface area contributed by atoms with Crippen molar-refractivity contribution < 1.29 is 0 Å². The summed E-state index contributed by atoms with van der Waals surface area (Å²) in [6, 6.07) is 18.4. The predicted molar refractivity (Wildman–Crippen MR) is 149 cm³/mol. The Morgan fingerprint density at radius 3 is 1.76 bits per heavy atom. The summed E-state index contributed by atoms with van der Waals surface area (Å²) < 4.78 is 0. The number of hydrogen-bond donors (Lipinski definition) is 0. The molecule has 0 bridgehead atoms. The molecule has 1 nitrogen and oxygen atoms in total. The second kappa shape index (κ2) is 13.4. The molecule has 2 fully saturated rings. The number of nitrogens with zero attached hydrogens (tertiary/aromatic N) is 1. The van der Waals surface area contributed by atoms with Gasteiger partial charge in [0.25, 0.3) is 0 Å². The molecular formula is C32H43NS. The maximum absolute atomic E-state index is 4.70. The fourth-order valence-corrected chi connectivity index (χ4v) is 6.56. The van der Waals surface area contributed by atoms with Gasteiger partial charge in [-0.2, -0.15) is 4.99 Å². The van der Waals surface area contributed by atoms with Crippen LogP contribution in [0.3, 0.4) is 0 Å². The van der Waals surface area contributed by atoms with Crippen molar-refractivity contribution in [3.63, 3.8) is 0 Å². The Kier molecular flexibility index (Phi) is 9.96. The molecule has 0 spiro atoms. The van der Waals surface area contributed by atoms with Crippen LogP contribution in [0.25, 0.3) is 0 Å². The van der Waals surface area contributed by atoms with E-state index in [4.69, 9.17) is 12.2 Å². The molecule has 0 N–H and O–H groups in total. The maximum atomic E-state index is 4.70. The van der Waals surface area contributed by atoms with Gasteiger partial charge in [0.1, 0.15) is 0 Å². The van der Waals surface area contributed by atoms with Gasteiger partial charge >= 0.3 is 0 Å². The van der Waals surface area contributed by atoms with Crippen molar-refractivity contribution in [3.8, 4) is 0 Å². The van der Waals surface area contributed by atoms with Crippen LogP contribution in [0, 0.1) is 11.8 Å². The lowest BCUT2D eigenvalue weighted by Gasteiger charge is -2.29. The number of thiocarbonyl (C=S) groups is 1. The predicted octanol–water partition coefficient (Wildman–Crippen LogP) is 10.2. The van der Waals surface area contributed by atoms with Crippen molar-refractivity contribution in [3.05, 3.63) is 65.2 Å². The van der Waals surface area contributed by atoms with Gasteiger partial charge in [0.2, 0.25) is 0 Å². The molecule has 0 aliphatic heterocycles. The number of aryl methyl sites for hydroxylation is 1. The minimum absolute atomic E-state index is 0.711. The summed E-state index contributed by atoms with van der Waals surface area (Å²) >= 11 is 4.70. The zero-order chi connectivity index (χ0) is 23.6. The highest BCUT2D eigenvalue weighted by atomic mass is 32.1. The molecule has 2 aromatic carbocycles. The summed E-state index contributed by atoms with van der Waals surface area (Å²) in [5, 5.41) is 2.45. The zero-order valence-corrected chi connectivity index (χ0v) is 22.0. The van der Waals surface area contributed by atoms with Gasteiger partial charge < -0.3 is 0 Å². The third-order valence-corrected chi connectivity index (χ3v) is 8.83. The lowest BCUT2D eigenvalue weighted by Crippen LogP contribution is -2.14. The van der Waals surface area contributed by atoms with Crippen LogP contribution >= 0.6 is 12.2 Å². The summed E-state index contributed by atoms with van der Waals surface area (Å²) in [5.74, 6) is 3.41. The van der Waals surface area contributed by atoms with Crippen LogP contribution < -0.4 is 0 Å². The quantitative estimate of drug-likeness (QED) is 0.190. The second-order valence-corrected chi connectivity index (χ2v) is 11.2. The third kappa shape index (κ3) is 7.37. The lowest BCUT2D eigenvalue weighted by atomic mass is 9.76. The fraction of sp³-hybridized carbons (Fsp3) is 0.594. The molecule has 4 rings (SSSR count). The van der Waals surface area contributed by atoms with Crippen LogP contribution in [-0.2, 0) is 6.42 Å². The molecule has 2 saturated carbocycles. The van der Waals surface area contributed by atoms with E-state index in [-0.39, 0.29) is 0 Å². The van der Waals surface area contributed by atoms with Crippen molar-refractivity contribution in [1.82, 2.24) is 0 Å². The second-order valence-electron chi connectivity index (χ2n) is 11.0. The van der Waals surface area contributed by atoms with E-state index in [0.717, 1.165) is 23.4 Å². The monoisotopic (exact) mass is 473 g/mol. The molecule has 0 unspecified atom stereocenters. The molecule has 2 heteroatoms. The van der Waals surface area contributed by atoms with E-state index in [1.165, 1.54) is 101 Å². The first-order valence-corrected chi connectivity index (χ1v) is 14.4. The van der Waals surface area contributed by atoms with Crippen molar-refractivity contribution in [2.24, 2.45) is 16.8 Å². The van der Waals surface area contributed by atoms with Gasteiger partial charge in [0, 0.05) is 0 Å². The van der Waals surface area contributed by atoms with Crippen LogP contribution in [-0.4, -0.2) is 5.16 Å². The van der Waals surface area contributed by atoms with Gasteiger partial charge in [-0.3, -0.25) is 0 Å². The Balaban J connectivity index is 1.17. The lowest BCUT2D eigenvalue weighted by molar-refractivity contribution is 0.302. The van der Waals surface area contributed by atoms with Crippen LogP contribution in [0.5, 0.6) is 0 Å². The number of isothiocyanates is 1. The molecule has 0 atom stereocenters. The standard InChI is InChI=1S/C32H43NS/c1-2-3-4-5-25-8-14-28(15-9-25)29-16-10-26(11-17-29)6-7-27-12-18-30(19-13-27)31-20-22-32(23-21-31)33-24-34/h10-11,16-17,20-23,25,27-28,30H,2-9,12-15,18-19H2,1H3. The van der Waals surface area contributed by atoms with Crippen molar-refractivity contribution in [1.29, 1.82) is 0 Å². The van der Waals surface area contributed by atoms with Gasteiger partial charge in [0.05, 0.1) is 10.8 Å². The minimum atomic E-state index is 0.711. The number of benzene rings is 2. The van der Waals surface area contributed by atoms with Gasteiger partial charge in [-0.15, -0.1) is 0 Å². The van der Waals surface area contributed by atoms with E-state index in [9.17, 15) is 0 Å². The Morgan fingerprint density at radius 1 is 0.706 bits per heavy atom. The van der Waals surface area contributed by atoms with Gasteiger partial charge in [-0.25, -0.2) is 0 Å². The molecule has 0 saturated heterocycles. The first-order valence-electron chi connectivity index (χ1n) is 14.0. The molecule has 34 heavy (non-hydrogen) atoms. The van der Waals surface area contributed by atoms with Crippen LogP contribution in [0.2, 0.25) is 0 Å². The highest BCUT2D eigenvalue weighted by molar-refractivity contribution is 7.78. The van der Waals surface area contributed by atoms with Crippen LogP contribution in [0.1, 0.15) is 119 Å². The van der Waals surface area contributed by atoms with Crippen LogP contribution in [0.15, 0.2) is 53.5 Å². The summed E-state index contributed by atoms with van der Waals surface area (Å²) in [6.45, 7) is 2.31. The Hall–Kier alpha value is -1.76. The summed E-state index contributed by atoms with van der Waals surface area (Å²) in [7, 11) is 0. The van der Waals surface area contributed by atoms with Crippen molar-refractivity contribution >= 4 is 23.1 Å².